The van der Waals surface area contributed by atoms with E-state index in [0.717, 1.165) is 30.4 Å². The van der Waals surface area contributed by atoms with Crippen LogP contribution < -0.4 is 5.73 Å². The van der Waals surface area contributed by atoms with Gasteiger partial charge in [0.1, 0.15) is 0 Å². The molecule has 2 aromatic rings. The molecule has 0 aliphatic heterocycles. The van der Waals surface area contributed by atoms with Gasteiger partial charge in [0.05, 0.1) is 12.1 Å². The summed E-state index contributed by atoms with van der Waals surface area (Å²) in [6.07, 6.45) is 2.37. The second kappa shape index (κ2) is 7.22. The largest absolute Gasteiger partial charge is 0.391 e. The van der Waals surface area contributed by atoms with Gasteiger partial charge in [-0.3, -0.25) is 0 Å². The monoisotopic (exact) mass is 269 g/mol. The van der Waals surface area contributed by atoms with Crippen molar-refractivity contribution in [1.82, 2.24) is 0 Å². The van der Waals surface area contributed by atoms with Crippen molar-refractivity contribution < 1.29 is 5.11 Å². The van der Waals surface area contributed by atoms with Crippen molar-refractivity contribution in [3.63, 3.8) is 0 Å². The van der Waals surface area contributed by atoms with Crippen LogP contribution in [-0.2, 0) is 0 Å². The molecule has 0 fully saturated rings. The van der Waals surface area contributed by atoms with Gasteiger partial charge in [0.15, 0.2) is 0 Å². The van der Waals surface area contributed by atoms with Gasteiger partial charge < -0.3 is 10.8 Å². The number of nitrogens with two attached hydrogens (primary N) is 1. The summed E-state index contributed by atoms with van der Waals surface area (Å²) in [5.74, 6) is 0. The SMILES string of the molecule is CCCC[C@H](O)[C@H](N)c1cccc(-c2ccccc2)c1. The van der Waals surface area contributed by atoms with Gasteiger partial charge in [-0.2, -0.15) is 0 Å². The molecular weight excluding hydrogens is 246 g/mol. The van der Waals surface area contributed by atoms with E-state index in [-0.39, 0.29) is 6.04 Å². The van der Waals surface area contributed by atoms with Crippen LogP contribution >= 0.6 is 0 Å². The predicted octanol–water partition coefficient (Wildman–Crippen LogP) is 3.90. The van der Waals surface area contributed by atoms with Crippen LogP contribution in [0.4, 0.5) is 0 Å². The highest BCUT2D eigenvalue weighted by Crippen LogP contribution is 2.24. The molecule has 0 aromatic heterocycles. The summed E-state index contributed by atoms with van der Waals surface area (Å²) in [5, 5.41) is 10.1. The van der Waals surface area contributed by atoms with E-state index in [0.29, 0.717) is 0 Å². The van der Waals surface area contributed by atoms with Crippen molar-refractivity contribution in [2.24, 2.45) is 5.73 Å². The smallest absolute Gasteiger partial charge is 0.0732 e. The number of hydrogen-bond acceptors (Lipinski definition) is 2. The van der Waals surface area contributed by atoms with Gasteiger partial charge in [-0.1, -0.05) is 68.3 Å². The van der Waals surface area contributed by atoms with Crippen molar-refractivity contribution in [3.05, 3.63) is 60.2 Å². The number of aliphatic hydroxyl groups excluding tert-OH is 1. The number of benzene rings is 2. The third-order valence-corrected chi connectivity index (χ3v) is 3.65. The Bertz CT molecular complexity index is 524. The number of hydrogen-bond donors (Lipinski definition) is 2. The second-order valence-electron chi connectivity index (χ2n) is 5.23. The lowest BCUT2D eigenvalue weighted by Gasteiger charge is -2.19. The van der Waals surface area contributed by atoms with E-state index >= 15 is 0 Å². The molecule has 2 heteroatoms. The minimum absolute atomic E-state index is 0.315. The molecule has 0 saturated heterocycles. The molecule has 0 aliphatic carbocycles. The van der Waals surface area contributed by atoms with Gasteiger partial charge in [0.2, 0.25) is 0 Å². The Kier molecular flexibility index (Phi) is 5.33. The molecule has 3 N–H and O–H groups in total. The summed E-state index contributed by atoms with van der Waals surface area (Å²) < 4.78 is 0. The van der Waals surface area contributed by atoms with Crippen molar-refractivity contribution in [1.29, 1.82) is 0 Å². The average Bonchev–Trinajstić information content (AvgIpc) is 2.53. The standard InChI is InChI=1S/C18H23NO/c1-2-3-12-17(20)18(19)16-11-7-10-15(13-16)14-8-5-4-6-9-14/h4-11,13,17-18,20H,2-3,12,19H2,1H3/t17-,18+/m0/s1. The molecule has 0 aliphatic rings. The van der Waals surface area contributed by atoms with E-state index in [2.05, 4.69) is 31.2 Å². The zero-order valence-corrected chi connectivity index (χ0v) is 12.0. The van der Waals surface area contributed by atoms with Crippen LogP contribution in [0.15, 0.2) is 54.6 Å². The fourth-order valence-electron chi connectivity index (χ4n) is 2.37. The first kappa shape index (κ1) is 14.8. The second-order valence-corrected chi connectivity index (χ2v) is 5.23. The van der Waals surface area contributed by atoms with Crippen LogP contribution in [-0.4, -0.2) is 11.2 Å². The van der Waals surface area contributed by atoms with Crippen LogP contribution in [0.2, 0.25) is 0 Å². The topological polar surface area (TPSA) is 46.2 Å². The molecule has 0 bridgehead atoms. The van der Waals surface area contributed by atoms with Crippen LogP contribution in [0.3, 0.4) is 0 Å². The molecule has 2 nitrogen and oxygen atoms in total. The van der Waals surface area contributed by atoms with Gasteiger partial charge in [-0.15, -0.1) is 0 Å². The van der Waals surface area contributed by atoms with E-state index in [1.165, 1.54) is 5.56 Å². The van der Waals surface area contributed by atoms with Gasteiger partial charge in [0, 0.05) is 0 Å². The Hall–Kier alpha value is -1.64. The first-order valence-corrected chi connectivity index (χ1v) is 7.31. The fourth-order valence-corrected chi connectivity index (χ4v) is 2.37. The number of aliphatic hydroxyl groups is 1. The highest BCUT2D eigenvalue weighted by atomic mass is 16.3. The number of unbranched alkanes of at least 4 members (excludes halogenated alkanes) is 1. The molecule has 2 atom stereocenters. The molecule has 2 aromatic carbocycles. The zero-order chi connectivity index (χ0) is 14.4. The maximum absolute atomic E-state index is 10.1. The molecule has 20 heavy (non-hydrogen) atoms. The molecule has 0 unspecified atom stereocenters. The first-order chi connectivity index (χ1) is 9.72. The minimum atomic E-state index is -0.471. The van der Waals surface area contributed by atoms with Crippen LogP contribution in [0.1, 0.15) is 37.8 Å². The molecular formula is C18H23NO. The maximum Gasteiger partial charge on any atom is 0.0732 e. The Labute approximate surface area is 121 Å². The quantitative estimate of drug-likeness (QED) is 0.835. The van der Waals surface area contributed by atoms with Gasteiger partial charge in [-0.25, -0.2) is 0 Å². The van der Waals surface area contributed by atoms with Gasteiger partial charge in [0.25, 0.3) is 0 Å². The lowest BCUT2D eigenvalue weighted by atomic mass is 9.95. The van der Waals surface area contributed by atoms with E-state index in [1.807, 2.05) is 30.3 Å². The summed E-state index contributed by atoms with van der Waals surface area (Å²) in [7, 11) is 0. The van der Waals surface area contributed by atoms with E-state index < -0.39 is 6.10 Å². The highest BCUT2D eigenvalue weighted by molar-refractivity contribution is 5.64. The predicted molar refractivity (Wildman–Crippen MR) is 84.3 cm³/mol. The van der Waals surface area contributed by atoms with Gasteiger partial charge in [-0.05, 0) is 29.2 Å². The summed E-state index contributed by atoms with van der Waals surface area (Å²) >= 11 is 0. The van der Waals surface area contributed by atoms with Crippen molar-refractivity contribution >= 4 is 0 Å². The molecule has 0 amide bonds. The Morgan fingerprint density at radius 2 is 1.70 bits per heavy atom. The average molecular weight is 269 g/mol. The summed E-state index contributed by atoms with van der Waals surface area (Å²) in [6.45, 7) is 2.12. The van der Waals surface area contributed by atoms with Crippen molar-refractivity contribution in [3.8, 4) is 11.1 Å². The number of rotatable bonds is 6. The third-order valence-electron chi connectivity index (χ3n) is 3.65. The summed E-state index contributed by atoms with van der Waals surface area (Å²) in [6, 6.07) is 18.1. The summed E-state index contributed by atoms with van der Waals surface area (Å²) in [4.78, 5) is 0. The van der Waals surface area contributed by atoms with Crippen molar-refractivity contribution in [2.45, 2.75) is 38.3 Å². The molecule has 0 spiro atoms. The first-order valence-electron chi connectivity index (χ1n) is 7.31. The maximum atomic E-state index is 10.1. The van der Waals surface area contributed by atoms with Crippen LogP contribution in [0, 0.1) is 0 Å². The molecule has 0 radical (unpaired) electrons. The third kappa shape index (κ3) is 3.69. The van der Waals surface area contributed by atoms with E-state index in [1.54, 1.807) is 0 Å². The fraction of sp³-hybridized carbons (Fsp3) is 0.333. The molecule has 0 heterocycles. The lowest BCUT2D eigenvalue weighted by Crippen LogP contribution is -2.26. The molecule has 0 saturated carbocycles. The highest BCUT2D eigenvalue weighted by Gasteiger charge is 2.16. The molecule has 2 rings (SSSR count). The summed E-state index contributed by atoms with van der Waals surface area (Å²) in [5.41, 5.74) is 9.48. The Morgan fingerprint density at radius 1 is 1.00 bits per heavy atom. The van der Waals surface area contributed by atoms with Crippen molar-refractivity contribution in [2.75, 3.05) is 0 Å². The van der Waals surface area contributed by atoms with Crippen LogP contribution in [0.5, 0.6) is 0 Å². The Morgan fingerprint density at radius 3 is 2.40 bits per heavy atom. The minimum Gasteiger partial charge on any atom is -0.391 e. The van der Waals surface area contributed by atoms with E-state index in [9.17, 15) is 5.11 Å². The normalized spacial score (nSPS) is 13.9. The zero-order valence-electron chi connectivity index (χ0n) is 12.0. The van der Waals surface area contributed by atoms with E-state index in [4.69, 9.17) is 5.73 Å². The Balaban J connectivity index is 2.17. The molecule has 106 valence electrons. The lowest BCUT2D eigenvalue weighted by molar-refractivity contribution is 0.132. The van der Waals surface area contributed by atoms with Crippen LogP contribution in [0.25, 0.3) is 11.1 Å². The van der Waals surface area contributed by atoms with Gasteiger partial charge >= 0.3 is 0 Å².